The fourth-order valence-electron chi connectivity index (χ4n) is 5.57. The molecule has 0 spiro atoms. The van der Waals surface area contributed by atoms with E-state index in [9.17, 15) is 14.4 Å². The molecule has 6 rings (SSSR count). The summed E-state index contributed by atoms with van der Waals surface area (Å²) in [4.78, 5) is 44.5. The molecule has 9 heteroatoms. The fourth-order valence-corrected chi connectivity index (χ4v) is 5.75. The minimum atomic E-state index is -0.880. The molecule has 0 saturated heterocycles. The summed E-state index contributed by atoms with van der Waals surface area (Å²) in [5, 5.41) is 2.36. The lowest BCUT2D eigenvalue weighted by atomic mass is 9.95. The van der Waals surface area contributed by atoms with E-state index in [0.29, 0.717) is 10.6 Å². The van der Waals surface area contributed by atoms with Gasteiger partial charge in [-0.1, -0.05) is 48.0 Å². The van der Waals surface area contributed by atoms with Gasteiger partial charge in [0, 0.05) is 50.7 Å². The summed E-state index contributed by atoms with van der Waals surface area (Å²) >= 11 is 6.05. The Balaban J connectivity index is 1.30. The number of aromatic nitrogens is 2. The van der Waals surface area contributed by atoms with Crippen LogP contribution in [0, 0.1) is 6.92 Å². The van der Waals surface area contributed by atoms with Crippen molar-refractivity contribution < 1.29 is 14.4 Å². The Morgan fingerprint density at radius 3 is 2.56 bits per heavy atom. The first kappa shape index (κ1) is 24.8. The lowest BCUT2D eigenvalue weighted by Crippen LogP contribution is -2.52. The molecule has 0 radical (unpaired) electrons. The van der Waals surface area contributed by atoms with Crippen LogP contribution in [0.15, 0.2) is 72.8 Å². The zero-order valence-corrected chi connectivity index (χ0v) is 22.3. The van der Waals surface area contributed by atoms with Gasteiger partial charge in [-0.25, -0.2) is 0 Å². The fraction of sp³-hybridized carbons (Fsp3) is 0.167. The molecule has 2 atom stereocenters. The smallest absolute Gasteiger partial charge is 0.286 e. The maximum atomic E-state index is 13.7. The number of aryl methyl sites for hydroxylation is 1. The number of carbonyl (C=O) groups excluding carboxylic acids is 3. The monoisotopic (exact) mass is 539 g/mol. The van der Waals surface area contributed by atoms with Crippen LogP contribution in [0.3, 0.4) is 0 Å². The van der Waals surface area contributed by atoms with Gasteiger partial charge in [-0.15, -0.1) is 0 Å². The summed E-state index contributed by atoms with van der Waals surface area (Å²) in [6.07, 6.45) is 0. The van der Waals surface area contributed by atoms with Crippen molar-refractivity contribution in [1.82, 2.24) is 25.3 Å². The Morgan fingerprint density at radius 1 is 1.00 bits per heavy atom. The van der Waals surface area contributed by atoms with Crippen LogP contribution in [0.25, 0.3) is 21.8 Å². The molecule has 0 fully saturated rings. The number of amides is 3. The third kappa shape index (κ3) is 3.95. The number of fused-ring (bicyclic) bond motifs is 3. The van der Waals surface area contributed by atoms with Gasteiger partial charge in [0.15, 0.2) is 0 Å². The molecule has 39 heavy (non-hydrogen) atoms. The third-order valence-corrected chi connectivity index (χ3v) is 7.88. The number of aromatic amines is 1. The lowest BCUT2D eigenvalue weighted by molar-refractivity contribution is -0.126. The topological polar surface area (TPSA) is 99.2 Å². The number of halogens is 1. The van der Waals surface area contributed by atoms with Gasteiger partial charge in [-0.05, 0) is 55.8 Å². The van der Waals surface area contributed by atoms with Crippen molar-refractivity contribution in [2.75, 3.05) is 0 Å². The Morgan fingerprint density at radius 2 is 1.74 bits per heavy atom. The Labute approximate surface area is 229 Å². The van der Waals surface area contributed by atoms with Gasteiger partial charge < -0.3 is 14.5 Å². The number of benzene rings is 3. The van der Waals surface area contributed by atoms with E-state index in [1.165, 1.54) is 0 Å². The SMILES string of the molecule is Cc1c(C2c3ccccc3C(=O)N2C(C)C(=O)NNC(=O)c2cc3cc(Cl)ccc3[nH]2)c2ccccc2n1C. The molecule has 0 saturated carbocycles. The molecule has 0 aliphatic carbocycles. The summed E-state index contributed by atoms with van der Waals surface area (Å²) in [7, 11) is 2.00. The molecule has 5 aromatic rings. The van der Waals surface area contributed by atoms with Crippen molar-refractivity contribution in [1.29, 1.82) is 0 Å². The van der Waals surface area contributed by atoms with E-state index in [0.717, 1.165) is 38.6 Å². The third-order valence-electron chi connectivity index (χ3n) is 7.64. The molecule has 3 amide bonds. The summed E-state index contributed by atoms with van der Waals surface area (Å²) in [5.41, 5.74) is 10.4. The van der Waals surface area contributed by atoms with E-state index in [-0.39, 0.29) is 11.6 Å². The van der Waals surface area contributed by atoms with Crippen LogP contribution in [0.4, 0.5) is 0 Å². The van der Waals surface area contributed by atoms with Crippen molar-refractivity contribution in [2.24, 2.45) is 7.05 Å². The van der Waals surface area contributed by atoms with Crippen molar-refractivity contribution in [3.8, 4) is 0 Å². The highest BCUT2D eigenvalue weighted by Gasteiger charge is 2.44. The van der Waals surface area contributed by atoms with Crippen LogP contribution in [-0.2, 0) is 11.8 Å². The van der Waals surface area contributed by atoms with E-state index in [1.807, 2.05) is 56.4 Å². The highest BCUT2D eigenvalue weighted by Crippen LogP contribution is 2.44. The number of hydrogen-bond acceptors (Lipinski definition) is 3. The van der Waals surface area contributed by atoms with Gasteiger partial charge in [0.25, 0.3) is 17.7 Å². The predicted octanol–water partition coefficient (Wildman–Crippen LogP) is 5.02. The largest absolute Gasteiger partial charge is 0.350 e. The number of nitrogens with one attached hydrogen (secondary N) is 3. The van der Waals surface area contributed by atoms with Crippen LogP contribution in [0.1, 0.15) is 50.6 Å². The molecule has 1 aliphatic rings. The molecule has 2 unspecified atom stereocenters. The zero-order chi connectivity index (χ0) is 27.4. The van der Waals surface area contributed by atoms with Crippen molar-refractivity contribution in [3.63, 3.8) is 0 Å². The average Bonchev–Trinajstić information content (AvgIpc) is 3.57. The van der Waals surface area contributed by atoms with Crippen LogP contribution >= 0.6 is 11.6 Å². The predicted molar refractivity (Wildman–Crippen MR) is 150 cm³/mol. The standard InChI is InChI=1S/C30H26ClN5O3/c1-16-26(22-10-6-7-11-25(22)35(16)3)27-20-8-4-5-9-21(20)30(39)36(27)17(2)28(37)33-34-29(38)24-15-18-14-19(31)12-13-23(18)32-24/h4-15,17,27,32H,1-3H3,(H,33,37)(H,34,38). The molecule has 3 aromatic carbocycles. The highest BCUT2D eigenvalue weighted by molar-refractivity contribution is 6.31. The van der Waals surface area contributed by atoms with Crippen LogP contribution in [0.2, 0.25) is 5.02 Å². The van der Waals surface area contributed by atoms with Gasteiger partial charge in [0.05, 0.1) is 6.04 Å². The molecule has 3 N–H and O–H groups in total. The maximum absolute atomic E-state index is 13.7. The van der Waals surface area contributed by atoms with E-state index in [2.05, 4.69) is 20.4 Å². The van der Waals surface area contributed by atoms with E-state index in [1.54, 1.807) is 42.2 Å². The highest BCUT2D eigenvalue weighted by atomic mass is 35.5. The number of carbonyl (C=O) groups is 3. The average molecular weight is 540 g/mol. The minimum Gasteiger partial charge on any atom is -0.350 e. The number of H-pyrrole nitrogens is 1. The van der Waals surface area contributed by atoms with Crippen LogP contribution in [-0.4, -0.2) is 38.2 Å². The molecule has 1 aliphatic heterocycles. The van der Waals surface area contributed by atoms with Crippen molar-refractivity contribution >= 4 is 51.1 Å². The van der Waals surface area contributed by atoms with E-state index >= 15 is 0 Å². The first-order valence-electron chi connectivity index (χ1n) is 12.6. The van der Waals surface area contributed by atoms with E-state index in [4.69, 9.17) is 11.6 Å². The first-order chi connectivity index (χ1) is 18.8. The van der Waals surface area contributed by atoms with Crippen LogP contribution in [0.5, 0.6) is 0 Å². The second-order valence-corrected chi connectivity index (χ2v) is 10.2. The summed E-state index contributed by atoms with van der Waals surface area (Å²) in [6, 6.07) is 21.1. The van der Waals surface area contributed by atoms with Crippen LogP contribution < -0.4 is 10.9 Å². The summed E-state index contributed by atoms with van der Waals surface area (Å²) in [6.45, 7) is 3.70. The molecular weight excluding hydrogens is 514 g/mol. The number of para-hydroxylation sites is 1. The Hall–Kier alpha value is -4.56. The lowest BCUT2D eigenvalue weighted by Gasteiger charge is -2.31. The number of nitrogens with zero attached hydrogens (tertiary/aromatic N) is 2. The van der Waals surface area contributed by atoms with Gasteiger partial charge in [-0.2, -0.15) is 0 Å². The second kappa shape index (κ2) is 9.32. The molecule has 196 valence electrons. The number of hydrogen-bond donors (Lipinski definition) is 3. The first-order valence-corrected chi connectivity index (χ1v) is 13.0. The normalized spacial score (nSPS) is 15.5. The summed E-state index contributed by atoms with van der Waals surface area (Å²) in [5.74, 6) is -1.25. The van der Waals surface area contributed by atoms with Crippen molar-refractivity contribution in [2.45, 2.75) is 25.9 Å². The maximum Gasteiger partial charge on any atom is 0.286 e. The zero-order valence-electron chi connectivity index (χ0n) is 21.6. The minimum absolute atomic E-state index is 0.232. The second-order valence-electron chi connectivity index (χ2n) is 9.81. The van der Waals surface area contributed by atoms with Gasteiger partial charge in [0.2, 0.25) is 0 Å². The molecule has 8 nitrogen and oxygen atoms in total. The molecule has 2 aromatic heterocycles. The molecule has 3 heterocycles. The molecule has 0 bridgehead atoms. The quantitative estimate of drug-likeness (QED) is 0.280. The Bertz CT molecular complexity index is 1800. The number of hydrazine groups is 1. The van der Waals surface area contributed by atoms with Gasteiger partial charge in [0.1, 0.15) is 11.7 Å². The summed E-state index contributed by atoms with van der Waals surface area (Å²) < 4.78 is 2.10. The molecular formula is C30H26ClN5O3. The van der Waals surface area contributed by atoms with E-state index < -0.39 is 23.9 Å². The van der Waals surface area contributed by atoms with Crippen molar-refractivity contribution in [3.05, 3.63) is 106 Å². The van der Waals surface area contributed by atoms with Gasteiger partial charge >= 0.3 is 0 Å². The van der Waals surface area contributed by atoms with Gasteiger partial charge in [-0.3, -0.25) is 25.2 Å². The Kier molecular flexibility index (Phi) is 5.92. The number of rotatable bonds is 4.